The third-order valence-corrected chi connectivity index (χ3v) is 6.31. The first-order valence-corrected chi connectivity index (χ1v) is 11.6. The number of carbonyl (C=O) groups is 1. The molecule has 0 aliphatic carbocycles. The molecular weight excluding hydrogens is 424 g/mol. The number of aryl methyl sites for hydroxylation is 2. The molecule has 1 aliphatic heterocycles. The van der Waals surface area contributed by atoms with Gasteiger partial charge in [0.25, 0.3) is 5.91 Å². The molecule has 0 radical (unpaired) electrons. The zero-order chi connectivity index (χ0) is 23.7. The number of para-hydroxylation sites is 2. The van der Waals surface area contributed by atoms with E-state index in [1.807, 2.05) is 24.3 Å². The number of hydrogen-bond donors (Lipinski definition) is 2. The van der Waals surface area contributed by atoms with Gasteiger partial charge in [-0.15, -0.1) is 0 Å². The molecule has 6 nitrogen and oxygen atoms in total. The molecule has 172 valence electrons. The highest BCUT2D eigenvalue weighted by atomic mass is 16.5. The highest BCUT2D eigenvalue weighted by Gasteiger charge is 2.21. The molecule has 0 saturated carbocycles. The van der Waals surface area contributed by atoms with Crippen LogP contribution in [0.1, 0.15) is 47.0 Å². The quantitative estimate of drug-likeness (QED) is 0.200. The van der Waals surface area contributed by atoms with Crippen molar-refractivity contribution in [3.63, 3.8) is 0 Å². The van der Waals surface area contributed by atoms with Crippen molar-refractivity contribution in [2.75, 3.05) is 0 Å². The zero-order valence-corrected chi connectivity index (χ0v) is 19.5. The van der Waals surface area contributed by atoms with Gasteiger partial charge in [0, 0.05) is 24.6 Å². The first-order valence-electron chi connectivity index (χ1n) is 11.6. The number of amides is 1. The fraction of sp³-hybridized carbons (Fsp3) is 0.214. The van der Waals surface area contributed by atoms with Gasteiger partial charge in [-0.25, -0.2) is 10.8 Å². The van der Waals surface area contributed by atoms with E-state index < -0.39 is 0 Å². The number of aromatic nitrogens is 2. The number of benzene rings is 3. The summed E-state index contributed by atoms with van der Waals surface area (Å²) in [5, 5.41) is 0. The van der Waals surface area contributed by atoms with Gasteiger partial charge in [-0.2, -0.15) is 0 Å². The van der Waals surface area contributed by atoms with Gasteiger partial charge in [-0.1, -0.05) is 49.4 Å². The average molecular weight is 453 g/mol. The smallest absolute Gasteiger partial charge is 0.258 e. The third kappa shape index (κ3) is 3.97. The third-order valence-electron chi connectivity index (χ3n) is 6.31. The molecule has 0 saturated heterocycles. The summed E-state index contributed by atoms with van der Waals surface area (Å²) in [6.45, 7) is 5.43. The number of hydrazine groups is 1. The van der Waals surface area contributed by atoms with Crippen LogP contribution in [0.4, 0.5) is 0 Å². The number of fused-ring (bicyclic) bond motifs is 3. The van der Waals surface area contributed by atoms with Crippen molar-refractivity contribution < 1.29 is 9.53 Å². The molecule has 5 rings (SSSR count). The van der Waals surface area contributed by atoms with E-state index in [1.165, 1.54) is 11.6 Å². The lowest BCUT2D eigenvalue weighted by Crippen LogP contribution is -2.28. The van der Waals surface area contributed by atoms with Gasteiger partial charge in [-0.05, 0) is 59.4 Å². The summed E-state index contributed by atoms with van der Waals surface area (Å²) in [4.78, 5) is 17.1. The van der Waals surface area contributed by atoms with E-state index in [-0.39, 0.29) is 5.91 Å². The number of nitrogens with two attached hydrogens (primary N) is 1. The van der Waals surface area contributed by atoms with Gasteiger partial charge in [0.05, 0.1) is 11.0 Å². The molecule has 3 N–H and O–H groups in total. The summed E-state index contributed by atoms with van der Waals surface area (Å²) < 4.78 is 8.45. The van der Waals surface area contributed by atoms with Crippen LogP contribution in [-0.2, 0) is 24.4 Å². The minimum atomic E-state index is -0.355. The fourth-order valence-corrected chi connectivity index (χ4v) is 4.68. The summed E-state index contributed by atoms with van der Waals surface area (Å²) in [5.74, 6) is 6.87. The lowest BCUT2D eigenvalue weighted by atomic mass is 9.92. The highest BCUT2D eigenvalue weighted by molar-refractivity contribution is 6.00. The summed E-state index contributed by atoms with van der Waals surface area (Å²) in [7, 11) is 0. The van der Waals surface area contributed by atoms with Gasteiger partial charge < -0.3 is 9.30 Å². The molecular formula is C28H28N4O2. The Hall–Kier alpha value is -3.90. The predicted molar refractivity (Wildman–Crippen MR) is 134 cm³/mol. The zero-order valence-electron chi connectivity index (χ0n) is 19.5. The number of nitrogens with zero attached hydrogens (tertiary/aromatic N) is 2. The van der Waals surface area contributed by atoms with Crippen LogP contribution in [0.25, 0.3) is 16.6 Å². The van der Waals surface area contributed by atoms with E-state index in [4.69, 9.17) is 15.6 Å². The Morgan fingerprint density at radius 2 is 2.00 bits per heavy atom. The second kappa shape index (κ2) is 9.15. The molecule has 0 spiro atoms. The van der Waals surface area contributed by atoms with Crippen molar-refractivity contribution >= 4 is 22.5 Å². The minimum Gasteiger partial charge on any atom is -0.488 e. The summed E-state index contributed by atoms with van der Waals surface area (Å²) >= 11 is 0. The first kappa shape index (κ1) is 21.9. The SMILES string of the molecule is CCCc1nc2c(C)cccc2n1Cc1ccc2c(c1)COc1ccccc1/C2=C/C(=O)NN. The van der Waals surface area contributed by atoms with Crippen molar-refractivity contribution in [1.82, 2.24) is 15.0 Å². The van der Waals surface area contributed by atoms with Crippen molar-refractivity contribution in [1.29, 1.82) is 0 Å². The molecule has 1 amide bonds. The molecule has 6 heteroatoms. The van der Waals surface area contributed by atoms with Crippen LogP contribution in [0.2, 0.25) is 0 Å². The summed E-state index contributed by atoms with van der Waals surface area (Å²) in [5.41, 5.74) is 10.5. The predicted octanol–water partition coefficient (Wildman–Crippen LogP) is 4.66. The van der Waals surface area contributed by atoms with Crippen molar-refractivity contribution in [2.45, 2.75) is 39.8 Å². The van der Waals surface area contributed by atoms with Gasteiger partial charge >= 0.3 is 0 Å². The lowest BCUT2D eigenvalue weighted by Gasteiger charge is -2.13. The molecule has 0 unspecified atom stereocenters. The fourth-order valence-electron chi connectivity index (χ4n) is 4.68. The van der Waals surface area contributed by atoms with Gasteiger partial charge in [-0.3, -0.25) is 10.2 Å². The van der Waals surface area contributed by atoms with Crippen molar-refractivity contribution in [3.8, 4) is 5.75 Å². The molecule has 0 atom stereocenters. The summed E-state index contributed by atoms with van der Waals surface area (Å²) in [6.07, 6.45) is 3.51. The number of ether oxygens (including phenoxy) is 1. The molecule has 1 aliphatic rings. The highest BCUT2D eigenvalue weighted by Crippen LogP contribution is 2.37. The molecule has 0 bridgehead atoms. The van der Waals surface area contributed by atoms with Crippen LogP contribution in [0, 0.1) is 6.92 Å². The molecule has 2 heterocycles. The maximum Gasteiger partial charge on any atom is 0.258 e. The Kier molecular flexibility index (Phi) is 5.90. The number of carbonyl (C=O) groups excluding carboxylic acids is 1. The Morgan fingerprint density at radius 3 is 2.82 bits per heavy atom. The maximum atomic E-state index is 12.2. The number of rotatable bonds is 5. The minimum absolute atomic E-state index is 0.355. The second-order valence-corrected chi connectivity index (χ2v) is 8.65. The second-order valence-electron chi connectivity index (χ2n) is 8.65. The maximum absolute atomic E-state index is 12.2. The molecule has 1 aromatic heterocycles. The van der Waals surface area contributed by atoms with Crippen LogP contribution in [0.3, 0.4) is 0 Å². The molecule has 34 heavy (non-hydrogen) atoms. The van der Waals surface area contributed by atoms with Crippen LogP contribution in [0.15, 0.2) is 66.7 Å². The largest absolute Gasteiger partial charge is 0.488 e. The Balaban J connectivity index is 1.58. The van der Waals surface area contributed by atoms with E-state index in [9.17, 15) is 4.79 Å². The van der Waals surface area contributed by atoms with E-state index in [2.05, 4.69) is 60.2 Å². The Bertz CT molecular complexity index is 1420. The number of imidazole rings is 1. The Labute approximate surface area is 199 Å². The number of hydrogen-bond acceptors (Lipinski definition) is 4. The van der Waals surface area contributed by atoms with Gasteiger partial charge in [0.1, 0.15) is 18.2 Å². The molecule has 0 fully saturated rings. The van der Waals surface area contributed by atoms with Crippen LogP contribution in [0.5, 0.6) is 5.75 Å². The number of nitrogens with one attached hydrogen (secondary N) is 1. The monoisotopic (exact) mass is 452 g/mol. The topological polar surface area (TPSA) is 82.2 Å². The standard InChI is InChI=1S/C28H28N4O2/c1-3-7-26-30-28-18(2)8-6-10-24(28)32(26)16-19-12-13-21-20(14-19)17-34-25-11-5-4-9-22(25)23(21)15-27(33)31-29/h4-6,8-15H,3,7,16-17,29H2,1-2H3,(H,31,33)/b23-15+. The van der Waals surface area contributed by atoms with E-state index in [0.717, 1.165) is 69.8 Å². The van der Waals surface area contributed by atoms with Gasteiger partial charge in [0.2, 0.25) is 0 Å². The molecule has 3 aromatic carbocycles. The van der Waals surface area contributed by atoms with Crippen molar-refractivity contribution in [3.05, 3.63) is 100 Å². The lowest BCUT2D eigenvalue weighted by molar-refractivity contribution is -0.116. The average Bonchev–Trinajstić information content (AvgIpc) is 3.12. The van der Waals surface area contributed by atoms with Crippen LogP contribution >= 0.6 is 0 Å². The van der Waals surface area contributed by atoms with E-state index in [1.54, 1.807) is 0 Å². The van der Waals surface area contributed by atoms with Crippen molar-refractivity contribution in [2.24, 2.45) is 5.84 Å². The summed E-state index contributed by atoms with van der Waals surface area (Å²) in [6, 6.07) is 20.5. The first-order chi connectivity index (χ1) is 16.6. The van der Waals surface area contributed by atoms with Crippen LogP contribution < -0.4 is 16.0 Å². The van der Waals surface area contributed by atoms with E-state index in [0.29, 0.717) is 6.61 Å². The Morgan fingerprint density at radius 1 is 1.15 bits per heavy atom. The van der Waals surface area contributed by atoms with Gasteiger partial charge in [0.15, 0.2) is 0 Å². The normalized spacial score (nSPS) is 13.8. The molecule has 4 aromatic rings. The van der Waals surface area contributed by atoms with Crippen LogP contribution in [-0.4, -0.2) is 15.5 Å². The van der Waals surface area contributed by atoms with E-state index >= 15 is 0 Å².